The second-order valence-electron chi connectivity index (χ2n) is 4.23. The first-order chi connectivity index (χ1) is 7.70. The molecule has 0 radical (unpaired) electrons. The number of nitrogens with zero attached hydrogens (tertiary/aromatic N) is 3. The van der Waals surface area contributed by atoms with Crippen LogP contribution in [0.2, 0.25) is 0 Å². The lowest BCUT2D eigenvalue weighted by atomic mass is 10.0. The van der Waals surface area contributed by atoms with Gasteiger partial charge in [0.15, 0.2) is 5.13 Å². The number of piperidine rings is 1. The quantitative estimate of drug-likeness (QED) is 0.856. The molecule has 16 heavy (non-hydrogen) atoms. The van der Waals surface area contributed by atoms with Crippen molar-refractivity contribution in [2.24, 2.45) is 0 Å². The van der Waals surface area contributed by atoms with Crippen LogP contribution in [-0.4, -0.2) is 42.6 Å². The van der Waals surface area contributed by atoms with E-state index in [2.05, 4.69) is 44.7 Å². The van der Waals surface area contributed by atoms with E-state index in [1.165, 1.54) is 32.5 Å². The minimum atomic E-state index is 0.654. The van der Waals surface area contributed by atoms with Gasteiger partial charge in [-0.25, -0.2) is 4.98 Å². The summed E-state index contributed by atoms with van der Waals surface area (Å²) in [6.45, 7) is 5.86. The van der Waals surface area contributed by atoms with Crippen LogP contribution in [-0.2, 0) is 0 Å². The molecule has 0 aliphatic carbocycles. The van der Waals surface area contributed by atoms with Gasteiger partial charge in [0.2, 0.25) is 0 Å². The third-order valence-corrected chi connectivity index (χ3v) is 4.96. The van der Waals surface area contributed by atoms with Gasteiger partial charge in [0.05, 0.1) is 0 Å². The summed E-state index contributed by atoms with van der Waals surface area (Å²) >= 11 is 5.12. The Labute approximate surface area is 110 Å². The molecular formula is C11H18BrN3S. The number of halogens is 1. The van der Waals surface area contributed by atoms with E-state index in [4.69, 9.17) is 0 Å². The van der Waals surface area contributed by atoms with Gasteiger partial charge in [-0.05, 0) is 35.3 Å². The largest absolute Gasteiger partial charge is 0.348 e. The molecule has 1 aliphatic rings. The summed E-state index contributed by atoms with van der Waals surface area (Å²) in [5, 5.41) is 3.18. The summed E-state index contributed by atoms with van der Waals surface area (Å²) < 4.78 is 0.949. The van der Waals surface area contributed by atoms with Gasteiger partial charge < -0.3 is 9.80 Å². The van der Waals surface area contributed by atoms with Crippen LogP contribution >= 0.6 is 27.3 Å². The van der Waals surface area contributed by atoms with Crippen molar-refractivity contribution >= 4 is 32.4 Å². The fraction of sp³-hybridized carbons (Fsp3) is 0.727. The maximum atomic E-state index is 4.47. The van der Waals surface area contributed by atoms with Crippen molar-refractivity contribution in [3.63, 3.8) is 0 Å². The molecule has 2 rings (SSSR count). The van der Waals surface area contributed by atoms with Crippen LogP contribution in [0.4, 0.5) is 5.13 Å². The lowest BCUT2D eigenvalue weighted by molar-refractivity contribution is 0.221. The van der Waals surface area contributed by atoms with E-state index in [-0.39, 0.29) is 0 Å². The Kier molecular flexibility index (Phi) is 4.21. The number of likely N-dealkylation sites (tertiary alicyclic amines) is 1. The van der Waals surface area contributed by atoms with E-state index in [9.17, 15) is 0 Å². The van der Waals surface area contributed by atoms with Gasteiger partial charge in [0.1, 0.15) is 4.60 Å². The van der Waals surface area contributed by atoms with Gasteiger partial charge in [-0.2, -0.15) is 0 Å². The van der Waals surface area contributed by atoms with Crippen LogP contribution in [0.1, 0.15) is 19.8 Å². The van der Waals surface area contributed by atoms with Crippen LogP contribution in [0.3, 0.4) is 0 Å². The average Bonchev–Trinajstić information content (AvgIpc) is 2.75. The van der Waals surface area contributed by atoms with E-state index in [0.29, 0.717) is 6.04 Å². The van der Waals surface area contributed by atoms with Crippen LogP contribution in [0.25, 0.3) is 0 Å². The van der Waals surface area contributed by atoms with Gasteiger partial charge in [0.25, 0.3) is 0 Å². The Morgan fingerprint density at radius 3 is 2.75 bits per heavy atom. The number of rotatable bonds is 3. The molecule has 2 heterocycles. The van der Waals surface area contributed by atoms with Crippen molar-refractivity contribution in [1.82, 2.24) is 9.88 Å². The summed E-state index contributed by atoms with van der Waals surface area (Å²) in [7, 11) is 2.16. The number of aromatic nitrogens is 1. The van der Waals surface area contributed by atoms with E-state index < -0.39 is 0 Å². The molecule has 0 amide bonds. The van der Waals surface area contributed by atoms with E-state index in [0.717, 1.165) is 9.73 Å². The van der Waals surface area contributed by atoms with E-state index >= 15 is 0 Å². The first kappa shape index (κ1) is 12.3. The lowest BCUT2D eigenvalue weighted by Crippen LogP contribution is -2.43. The number of anilines is 1. The maximum absolute atomic E-state index is 4.47. The molecule has 1 aromatic heterocycles. The van der Waals surface area contributed by atoms with Gasteiger partial charge in [0, 0.05) is 31.6 Å². The SMILES string of the molecule is CCN1CCC(N(C)c2nc(Br)cs2)CC1. The molecular weight excluding hydrogens is 286 g/mol. The van der Waals surface area contributed by atoms with Crippen molar-refractivity contribution < 1.29 is 0 Å². The predicted molar refractivity (Wildman–Crippen MR) is 73.4 cm³/mol. The molecule has 0 aromatic carbocycles. The van der Waals surface area contributed by atoms with Crippen molar-refractivity contribution in [1.29, 1.82) is 0 Å². The summed E-state index contributed by atoms with van der Waals surface area (Å²) in [6.07, 6.45) is 2.50. The third-order valence-electron chi connectivity index (χ3n) is 3.32. The molecule has 1 fully saturated rings. The van der Waals surface area contributed by atoms with Gasteiger partial charge in [-0.15, -0.1) is 11.3 Å². The van der Waals surface area contributed by atoms with Crippen molar-refractivity contribution in [3.05, 3.63) is 9.98 Å². The Balaban J connectivity index is 1.93. The molecule has 5 heteroatoms. The lowest BCUT2D eigenvalue weighted by Gasteiger charge is -2.36. The zero-order valence-corrected chi connectivity index (χ0v) is 12.2. The average molecular weight is 304 g/mol. The van der Waals surface area contributed by atoms with Gasteiger partial charge in [-0.3, -0.25) is 0 Å². The third kappa shape index (κ3) is 2.76. The fourth-order valence-electron chi connectivity index (χ4n) is 2.19. The Morgan fingerprint density at radius 2 is 2.25 bits per heavy atom. The van der Waals surface area contributed by atoms with Gasteiger partial charge in [-0.1, -0.05) is 6.92 Å². The molecule has 3 nitrogen and oxygen atoms in total. The van der Waals surface area contributed by atoms with E-state index in [1.54, 1.807) is 11.3 Å². The number of hydrogen-bond donors (Lipinski definition) is 0. The Hall–Kier alpha value is -0.130. The summed E-state index contributed by atoms with van der Waals surface area (Å²) in [5.41, 5.74) is 0. The van der Waals surface area contributed by atoms with Crippen LogP contribution < -0.4 is 4.90 Å². The Morgan fingerprint density at radius 1 is 1.56 bits per heavy atom. The summed E-state index contributed by atoms with van der Waals surface area (Å²) in [4.78, 5) is 9.32. The molecule has 1 aliphatic heterocycles. The first-order valence-electron chi connectivity index (χ1n) is 5.77. The second-order valence-corrected chi connectivity index (χ2v) is 5.88. The second kappa shape index (κ2) is 5.47. The topological polar surface area (TPSA) is 19.4 Å². The molecule has 90 valence electrons. The minimum absolute atomic E-state index is 0.654. The molecule has 1 saturated heterocycles. The zero-order valence-electron chi connectivity index (χ0n) is 9.82. The standard InChI is InChI=1S/C11H18BrN3S/c1-3-15-6-4-9(5-7-15)14(2)11-13-10(12)8-16-11/h8-9H,3-7H2,1-2H3. The fourth-order valence-corrected chi connectivity index (χ4v) is 3.47. The first-order valence-corrected chi connectivity index (χ1v) is 7.44. The molecule has 0 N–H and O–H groups in total. The highest BCUT2D eigenvalue weighted by molar-refractivity contribution is 9.10. The number of thiazole rings is 1. The normalized spacial score (nSPS) is 18.9. The summed E-state index contributed by atoms with van der Waals surface area (Å²) in [6, 6.07) is 0.654. The molecule has 0 atom stereocenters. The zero-order chi connectivity index (χ0) is 11.5. The van der Waals surface area contributed by atoms with Crippen LogP contribution in [0.5, 0.6) is 0 Å². The van der Waals surface area contributed by atoms with Gasteiger partial charge >= 0.3 is 0 Å². The smallest absolute Gasteiger partial charge is 0.186 e. The van der Waals surface area contributed by atoms with Crippen LogP contribution in [0.15, 0.2) is 9.98 Å². The monoisotopic (exact) mass is 303 g/mol. The Bertz CT molecular complexity index is 334. The van der Waals surface area contributed by atoms with Crippen molar-refractivity contribution in [2.45, 2.75) is 25.8 Å². The minimum Gasteiger partial charge on any atom is -0.348 e. The molecule has 0 saturated carbocycles. The summed E-state index contributed by atoms with van der Waals surface area (Å²) in [5.74, 6) is 0. The molecule has 0 bridgehead atoms. The molecule has 0 unspecified atom stereocenters. The highest BCUT2D eigenvalue weighted by atomic mass is 79.9. The van der Waals surface area contributed by atoms with Crippen LogP contribution in [0, 0.1) is 0 Å². The number of hydrogen-bond acceptors (Lipinski definition) is 4. The molecule has 1 aromatic rings. The van der Waals surface area contributed by atoms with Crippen molar-refractivity contribution in [2.75, 3.05) is 31.6 Å². The molecule has 0 spiro atoms. The maximum Gasteiger partial charge on any atom is 0.186 e. The van der Waals surface area contributed by atoms with Crippen molar-refractivity contribution in [3.8, 4) is 0 Å². The highest BCUT2D eigenvalue weighted by Gasteiger charge is 2.23. The van der Waals surface area contributed by atoms with E-state index in [1.807, 2.05) is 5.38 Å². The predicted octanol–water partition coefficient (Wildman–Crippen LogP) is 2.83. The highest BCUT2D eigenvalue weighted by Crippen LogP contribution is 2.27.